The molecule has 1 aromatic heterocycles. The summed E-state index contributed by atoms with van der Waals surface area (Å²) in [5.41, 5.74) is -0.0748. The molecule has 2 rings (SSSR count). The molecule has 1 aromatic carbocycles. The molecule has 14 heavy (non-hydrogen) atoms. The van der Waals surface area contributed by atoms with E-state index in [0.717, 1.165) is 4.70 Å². The van der Waals surface area contributed by atoms with Crippen LogP contribution in [-0.2, 0) is 0 Å². The Morgan fingerprint density at radius 2 is 2.21 bits per heavy atom. The van der Waals surface area contributed by atoms with Crippen molar-refractivity contribution in [3.63, 3.8) is 0 Å². The van der Waals surface area contributed by atoms with E-state index in [0.29, 0.717) is 10.3 Å². The molecule has 0 radical (unpaired) electrons. The van der Waals surface area contributed by atoms with Gasteiger partial charge in [-0.05, 0) is 13.0 Å². The van der Waals surface area contributed by atoms with Gasteiger partial charge in [0.2, 0.25) is 0 Å². The van der Waals surface area contributed by atoms with E-state index < -0.39 is 4.92 Å². The molecule has 0 bridgehead atoms. The lowest BCUT2D eigenvalue weighted by Crippen LogP contribution is -1.86. The molecular formula is C9H6FNO2S. The summed E-state index contributed by atoms with van der Waals surface area (Å²) in [6, 6.07) is 4.24. The number of hydrogen-bond donors (Lipinski definition) is 0. The van der Waals surface area contributed by atoms with Gasteiger partial charge in [-0.1, -0.05) is 0 Å². The number of nitro groups is 1. The van der Waals surface area contributed by atoms with Crippen LogP contribution in [0, 0.1) is 22.9 Å². The predicted octanol–water partition coefficient (Wildman–Crippen LogP) is 3.26. The fourth-order valence-corrected chi connectivity index (χ4v) is 2.22. The van der Waals surface area contributed by atoms with E-state index in [2.05, 4.69) is 0 Å². The minimum atomic E-state index is -0.522. The standard InChI is InChI=1S/C9H6FNO2S/c1-5-9(10)7-4-6(11(12)13)2-3-8(7)14-5/h2-4H,1H3. The number of aryl methyl sites for hydroxylation is 1. The number of benzene rings is 1. The van der Waals surface area contributed by atoms with Crippen LogP contribution in [0.2, 0.25) is 0 Å². The Kier molecular flexibility index (Phi) is 1.96. The molecule has 0 N–H and O–H groups in total. The normalized spacial score (nSPS) is 10.7. The summed E-state index contributed by atoms with van der Waals surface area (Å²) < 4.78 is 14.1. The van der Waals surface area contributed by atoms with Gasteiger partial charge >= 0.3 is 0 Å². The van der Waals surface area contributed by atoms with Crippen LogP contribution in [0.15, 0.2) is 18.2 Å². The van der Waals surface area contributed by atoms with Gasteiger partial charge in [-0.15, -0.1) is 11.3 Å². The fourth-order valence-electron chi connectivity index (χ4n) is 1.29. The topological polar surface area (TPSA) is 43.1 Å². The fraction of sp³-hybridized carbons (Fsp3) is 0.111. The molecule has 5 heteroatoms. The Morgan fingerprint density at radius 1 is 1.50 bits per heavy atom. The number of non-ortho nitro benzene ring substituents is 1. The van der Waals surface area contributed by atoms with Crippen LogP contribution in [0.4, 0.5) is 10.1 Å². The van der Waals surface area contributed by atoms with Crippen LogP contribution in [0.5, 0.6) is 0 Å². The van der Waals surface area contributed by atoms with Crippen molar-refractivity contribution >= 4 is 27.1 Å². The van der Waals surface area contributed by atoms with Gasteiger partial charge in [-0.2, -0.15) is 0 Å². The molecule has 0 saturated carbocycles. The van der Waals surface area contributed by atoms with E-state index in [9.17, 15) is 14.5 Å². The summed E-state index contributed by atoms with van der Waals surface area (Å²) in [7, 11) is 0. The summed E-state index contributed by atoms with van der Waals surface area (Å²) in [6.07, 6.45) is 0. The third kappa shape index (κ3) is 1.26. The maximum atomic E-state index is 13.4. The van der Waals surface area contributed by atoms with Crippen LogP contribution in [0.1, 0.15) is 4.88 Å². The van der Waals surface area contributed by atoms with Crippen LogP contribution >= 0.6 is 11.3 Å². The Morgan fingerprint density at radius 3 is 2.86 bits per heavy atom. The van der Waals surface area contributed by atoms with Crippen molar-refractivity contribution in [2.45, 2.75) is 6.92 Å². The van der Waals surface area contributed by atoms with Crippen molar-refractivity contribution in [3.8, 4) is 0 Å². The van der Waals surface area contributed by atoms with E-state index >= 15 is 0 Å². The lowest BCUT2D eigenvalue weighted by atomic mass is 10.2. The van der Waals surface area contributed by atoms with Crippen molar-refractivity contribution in [2.75, 3.05) is 0 Å². The third-order valence-corrected chi connectivity index (χ3v) is 3.04. The van der Waals surface area contributed by atoms with Crippen LogP contribution in [-0.4, -0.2) is 4.92 Å². The van der Waals surface area contributed by atoms with Gasteiger partial charge in [-0.25, -0.2) is 4.39 Å². The van der Waals surface area contributed by atoms with Crippen LogP contribution in [0.25, 0.3) is 10.1 Å². The summed E-state index contributed by atoms with van der Waals surface area (Å²) >= 11 is 1.30. The highest BCUT2D eigenvalue weighted by molar-refractivity contribution is 7.19. The quantitative estimate of drug-likeness (QED) is 0.536. The summed E-state index contributed by atoms with van der Waals surface area (Å²) in [4.78, 5) is 10.5. The smallest absolute Gasteiger partial charge is 0.258 e. The molecule has 0 aliphatic carbocycles. The second-order valence-corrected chi connectivity index (χ2v) is 4.17. The molecule has 0 spiro atoms. The molecule has 72 valence electrons. The molecule has 0 saturated heterocycles. The van der Waals surface area contributed by atoms with Crippen molar-refractivity contribution in [2.24, 2.45) is 0 Å². The highest BCUT2D eigenvalue weighted by Gasteiger charge is 2.12. The second-order valence-electron chi connectivity index (χ2n) is 2.91. The number of rotatable bonds is 1. The molecule has 2 aromatic rings. The first-order valence-corrected chi connectivity index (χ1v) is 4.74. The number of thiophene rings is 1. The first kappa shape index (κ1) is 9.08. The lowest BCUT2D eigenvalue weighted by molar-refractivity contribution is -0.384. The minimum Gasteiger partial charge on any atom is -0.258 e. The van der Waals surface area contributed by atoms with Gasteiger partial charge in [-0.3, -0.25) is 10.1 Å². The highest BCUT2D eigenvalue weighted by atomic mass is 32.1. The Bertz CT molecular complexity index is 521. The van der Waals surface area contributed by atoms with Crippen LogP contribution in [0.3, 0.4) is 0 Å². The monoisotopic (exact) mass is 211 g/mol. The van der Waals surface area contributed by atoms with E-state index in [-0.39, 0.29) is 11.5 Å². The number of fused-ring (bicyclic) bond motifs is 1. The van der Waals surface area contributed by atoms with Crippen molar-refractivity contribution in [3.05, 3.63) is 39.0 Å². The Hall–Kier alpha value is -1.49. The first-order chi connectivity index (χ1) is 6.59. The molecule has 0 aliphatic heterocycles. The molecule has 3 nitrogen and oxygen atoms in total. The van der Waals surface area contributed by atoms with Crippen molar-refractivity contribution in [1.29, 1.82) is 0 Å². The molecule has 0 aliphatic rings. The number of halogens is 1. The molecule has 0 amide bonds. The maximum Gasteiger partial charge on any atom is 0.270 e. The average molecular weight is 211 g/mol. The summed E-state index contributed by atoms with van der Waals surface area (Å²) in [5, 5.41) is 10.8. The summed E-state index contributed by atoms with van der Waals surface area (Å²) in [5.74, 6) is -0.353. The SMILES string of the molecule is Cc1sc2ccc([N+](=O)[O-])cc2c1F. The third-order valence-electron chi connectivity index (χ3n) is 1.98. The van der Waals surface area contributed by atoms with Gasteiger partial charge < -0.3 is 0 Å². The average Bonchev–Trinajstić information content (AvgIpc) is 2.43. The molecular weight excluding hydrogens is 205 g/mol. The minimum absolute atomic E-state index is 0.0748. The van der Waals surface area contributed by atoms with E-state index in [1.54, 1.807) is 13.0 Å². The van der Waals surface area contributed by atoms with Gasteiger partial charge in [0.25, 0.3) is 5.69 Å². The zero-order valence-corrected chi connectivity index (χ0v) is 8.10. The number of nitro benzene ring substituents is 1. The van der Waals surface area contributed by atoms with Gasteiger partial charge in [0.05, 0.1) is 4.92 Å². The summed E-state index contributed by atoms with van der Waals surface area (Å²) in [6.45, 7) is 1.66. The molecule has 0 fully saturated rings. The Labute approximate surface area is 82.9 Å². The zero-order valence-electron chi connectivity index (χ0n) is 7.28. The van der Waals surface area contributed by atoms with Crippen LogP contribution < -0.4 is 0 Å². The van der Waals surface area contributed by atoms with Gasteiger partial charge in [0.15, 0.2) is 0 Å². The lowest BCUT2D eigenvalue weighted by Gasteiger charge is -1.91. The van der Waals surface area contributed by atoms with E-state index in [1.165, 1.54) is 23.5 Å². The van der Waals surface area contributed by atoms with Crippen molar-refractivity contribution < 1.29 is 9.31 Å². The van der Waals surface area contributed by atoms with Gasteiger partial charge in [0.1, 0.15) is 5.82 Å². The number of hydrogen-bond acceptors (Lipinski definition) is 3. The molecule has 0 atom stereocenters. The van der Waals surface area contributed by atoms with Gasteiger partial charge in [0, 0.05) is 27.1 Å². The number of nitrogens with zero attached hydrogens (tertiary/aromatic N) is 1. The highest BCUT2D eigenvalue weighted by Crippen LogP contribution is 2.31. The predicted molar refractivity (Wildman–Crippen MR) is 53.2 cm³/mol. The maximum absolute atomic E-state index is 13.4. The first-order valence-electron chi connectivity index (χ1n) is 3.92. The largest absolute Gasteiger partial charge is 0.270 e. The van der Waals surface area contributed by atoms with E-state index in [1.807, 2.05) is 0 Å². The molecule has 1 heterocycles. The van der Waals surface area contributed by atoms with Crippen molar-refractivity contribution in [1.82, 2.24) is 0 Å². The Balaban J connectivity index is 2.76. The van der Waals surface area contributed by atoms with E-state index in [4.69, 9.17) is 0 Å². The molecule has 0 unspecified atom stereocenters. The zero-order chi connectivity index (χ0) is 10.3. The second kappa shape index (κ2) is 3.02.